The van der Waals surface area contributed by atoms with Gasteiger partial charge in [-0.15, -0.1) is 0 Å². The Morgan fingerprint density at radius 2 is 1.36 bits per heavy atom. The smallest absolute Gasteiger partial charge is 0.338 e. The number of carbonyl (C=O) groups is 3. The van der Waals surface area contributed by atoms with Gasteiger partial charge >= 0.3 is 17.9 Å². The van der Waals surface area contributed by atoms with Crippen molar-refractivity contribution in [2.24, 2.45) is 5.92 Å². The number of ether oxygens (including phenoxy) is 3. The Morgan fingerprint density at radius 3 is 1.93 bits per heavy atom. The van der Waals surface area contributed by atoms with Gasteiger partial charge in [-0.3, -0.25) is 9.59 Å². The highest BCUT2D eigenvalue weighted by Gasteiger charge is 2.31. The fourth-order valence-electron chi connectivity index (χ4n) is 2.94. The average molecular weight is 384 g/mol. The molecule has 0 amide bonds. The predicted molar refractivity (Wildman–Crippen MR) is 104 cm³/mol. The summed E-state index contributed by atoms with van der Waals surface area (Å²) >= 11 is 0. The van der Waals surface area contributed by atoms with E-state index in [4.69, 9.17) is 14.2 Å². The van der Waals surface area contributed by atoms with E-state index in [1.165, 1.54) is 7.11 Å². The summed E-state index contributed by atoms with van der Waals surface area (Å²) in [6.45, 7) is 3.70. The van der Waals surface area contributed by atoms with Gasteiger partial charge in [-0.2, -0.15) is 0 Å². The number of hydrogen-bond donors (Lipinski definition) is 0. The van der Waals surface area contributed by atoms with Gasteiger partial charge in [-0.25, -0.2) is 4.79 Å². The lowest BCUT2D eigenvalue weighted by molar-refractivity contribution is -0.161. The third-order valence-corrected chi connectivity index (χ3v) is 4.21. The van der Waals surface area contributed by atoms with Crippen molar-refractivity contribution in [3.63, 3.8) is 0 Å². The topological polar surface area (TPSA) is 78.9 Å². The molecule has 2 rings (SSSR count). The van der Waals surface area contributed by atoms with Crippen LogP contribution in [0.15, 0.2) is 48.5 Å². The van der Waals surface area contributed by atoms with E-state index in [0.717, 1.165) is 11.1 Å². The van der Waals surface area contributed by atoms with Gasteiger partial charge < -0.3 is 14.2 Å². The molecule has 148 valence electrons. The third kappa shape index (κ3) is 4.97. The van der Waals surface area contributed by atoms with E-state index in [-0.39, 0.29) is 19.6 Å². The first kappa shape index (κ1) is 21.2. The number of carbonyl (C=O) groups excluding carboxylic acids is 3. The monoisotopic (exact) mass is 384 g/mol. The number of hydrogen-bond acceptors (Lipinski definition) is 6. The highest BCUT2D eigenvalue weighted by molar-refractivity contribution is 5.98. The van der Waals surface area contributed by atoms with E-state index < -0.39 is 23.8 Å². The Bertz CT molecular complexity index is 824. The Hall–Kier alpha value is -3.15. The average Bonchev–Trinajstić information content (AvgIpc) is 2.72. The van der Waals surface area contributed by atoms with Crippen LogP contribution in [-0.2, 0) is 30.2 Å². The van der Waals surface area contributed by atoms with Gasteiger partial charge in [0.05, 0.1) is 25.9 Å². The zero-order chi connectivity index (χ0) is 20.5. The van der Waals surface area contributed by atoms with Crippen LogP contribution in [0.5, 0.6) is 0 Å². The van der Waals surface area contributed by atoms with Crippen LogP contribution >= 0.6 is 0 Å². The molecule has 0 atom stereocenters. The SMILES string of the molecule is CCOC(=O)C(Cc1ccccc1-c1ccccc1C(=O)OC)C(=O)OCC. The molecule has 0 aliphatic carbocycles. The van der Waals surface area contributed by atoms with Crippen LogP contribution in [0, 0.1) is 5.92 Å². The summed E-state index contributed by atoms with van der Waals surface area (Å²) in [6, 6.07) is 14.3. The van der Waals surface area contributed by atoms with Gasteiger partial charge in [0.1, 0.15) is 0 Å². The molecule has 0 bridgehead atoms. The van der Waals surface area contributed by atoms with E-state index in [1.54, 1.807) is 32.0 Å². The molecule has 0 heterocycles. The van der Waals surface area contributed by atoms with Crippen LogP contribution in [0.25, 0.3) is 11.1 Å². The third-order valence-electron chi connectivity index (χ3n) is 4.21. The van der Waals surface area contributed by atoms with Crippen molar-refractivity contribution < 1.29 is 28.6 Å². The largest absolute Gasteiger partial charge is 0.465 e. The Labute approximate surface area is 164 Å². The van der Waals surface area contributed by atoms with Crippen molar-refractivity contribution in [3.8, 4) is 11.1 Å². The molecule has 2 aromatic carbocycles. The van der Waals surface area contributed by atoms with Crippen molar-refractivity contribution in [3.05, 3.63) is 59.7 Å². The van der Waals surface area contributed by atoms with Crippen LogP contribution < -0.4 is 0 Å². The lowest BCUT2D eigenvalue weighted by Crippen LogP contribution is -2.30. The summed E-state index contributed by atoms with van der Waals surface area (Å²) in [7, 11) is 1.32. The zero-order valence-electron chi connectivity index (χ0n) is 16.3. The van der Waals surface area contributed by atoms with Crippen LogP contribution in [0.3, 0.4) is 0 Å². The molecule has 0 saturated carbocycles. The van der Waals surface area contributed by atoms with Crippen molar-refractivity contribution >= 4 is 17.9 Å². The summed E-state index contributed by atoms with van der Waals surface area (Å²) in [5.74, 6) is -2.79. The van der Waals surface area contributed by atoms with E-state index in [9.17, 15) is 14.4 Å². The van der Waals surface area contributed by atoms with Gasteiger partial charge in [0.2, 0.25) is 0 Å². The Balaban J connectivity index is 2.47. The molecule has 0 saturated heterocycles. The first-order chi connectivity index (χ1) is 13.5. The second kappa shape index (κ2) is 10.3. The first-order valence-electron chi connectivity index (χ1n) is 9.12. The standard InChI is InChI=1S/C22H24O6/c1-4-27-21(24)19(22(25)28-5-2)14-15-10-6-7-11-16(15)17-12-8-9-13-18(17)20(23)26-3/h6-13,19H,4-5,14H2,1-3H3. The summed E-state index contributed by atoms with van der Waals surface area (Å²) < 4.78 is 15.0. The van der Waals surface area contributed by atoms with Crippen LogP contribution in [0.2, 0.25) is 0 Å². The first-order valence-corrected chi connectivity index (χ1v) is 9.12. The van der Waals surface area contributed by atoms with Gasteiger partial charge in [-0.1, -0.05) is 42.5 Å². The molecule has 0 radical (unpaired) electrons. The molecular weight excluding hydrogens is 360 g/mol. The van der Waals surface area contributed by atoms with E-state index >= 15 is 0 Å². The van der Waals surface area contributed by atoms with Crippen molar-refractivity contribution in [1.82, 2.24) is 0 Å². The van der Waals surface area contributed by atoms with Gasteiger partial charge in [0.15, 0.2) is 5.92 Å². The van der Waals surface area contributed by atoms with Crippen molar-refractivity contribution in [2.45, 2.75) is 20.3 Å². The number of benzene rings is 2. The molecule has 2 aromatic rings. The van der Waals surface area contributed by atoms with Crippen LogP contribution in [0.4, 0.5) is 0 Å². The molecule has 6 nitrogen and oxygen atoms in total. The Morgan fingerprint density at radius 1 is 0.821 bits per heavy atom. The van der Waals surface area contributed by atoms with Crippen molar-refractivity contribution in [1.29, 1.82) is 0 Å². The van der Waals surface area contributed by atoms with Crippen LogP contribution in [0.1, 0.15) is 29.8 Å². The maximum Gasteiger partial charge on any atom is 0.338 e. The van der Waals surface area contributed by atoms with Gasteiger partial charge in [0.25, 0.3) is 0 Å². The molecule has 0 spiro atoms. The summed E-state index contributed by atoms with van der Waals surface area (Å²) in [5.41, 5.74) is 2.53. The number of esters is 3. The molecule has 0 N–H and O–H groups in total. The minimum atomic E-state index is -1.08. The molecular formula is C22H24O6. The quantitative estimate of drug-likeness (QED) is 0.394. The zero-order valence-corrected chi connectivity index (χ0v) is 16.3. The molecule has 0 unspecified atom stereocenters. The fraction of sp³-hybridized carbons (Fsp3) is 0.318. The lowest BCUT2D eigenvalue weighted by Gasteiger charge is -2.17. The minimum absolute atomic E-state index is 0.101. The highest BCUT2D eigenvalue weighted by Crippen LogP contribution is 2.29. The summed E-state index contributed by atoms with van der Waals surface area (Å²) in [6.07, 6.45) is 0.101. The summed E-state index contributed by atoms with van der Waals surface area (Å²) in [5, 5.41) is 0. The molecule has 0 fully saturated rings. The van der Waals surface area contributed by atoms with Crippen LogP contribution in [-0.4, -0.2) is 38.2 Å². The molecule has 0 aromatic heterocycles. The summed E-state index contributed by atoms with van der Waals surface area (Å²) in [4.78, 5) is 36.8. The predicted octanol–water partition coefficient (Wildman–Crippen LogP) is 3.43. The Kier molecular flexibility index (Phi) is 7.75. The van der Waals surface area contributed by atoms with Gasteiger partial charge in [-0.05, 0) is 43.0 Å². The maximum atomic E-state index is 12.3. The fourth-order valence-corrected chi connectivity index (χ4v) is 2.94. The van der Waals surface area contributed by atoms with E-state index in [1.807, 2.05) is 30.3 Å². The number of rotatable bonds is 8. The second-order valence-electron chi connectivity index (χ2n) is 5.96. The van der Waals surface area contributed by atoms with E-state index in [2.05, 4.69) is 0 Å². The normalized spacial score (nSPS) is 10.4. The van der Waals surface area contributed by atoms with E-state index in [0.29, 0.717) is 11.1 Å². The maximum absolute atomic E-state index is 12.3. The number of methoxy groups -OCH3 is 1. The molecule has 0 aliphatic rings. The second-order valence-corrected chi connectivity index (χ2v) is 5.96. The van der Waals surface area contributed by atoms with Crippen molar-refractivity contribution in [2.75, 3.05) is 20.3 Å². The molecule has 28 heavy (non-hydrogen) atoms. The highest BCUT2D eigenvalue weighted by atomic mass is 16.6. The minimum Gasteiger partial charge on any atom is -0.465 e. The molecule has 6 heteroatoms. The van der Waals surface area contributed by atoms with Gasteiger partial charge in [0, 0.05) is 0 Å². The molecule has 0 aliphatic heterocycles. The lowest BCUT2D eigenvalue weighted by atomic mass is 9.90.